The number of aromatic nitrogens is 2. The van der Waals surface area contributed by atoms with Gasteiger partial charge in [0.05, 0.1) is 11.6 Å². The second-order valence-electron chi connectivity index (χ2n) is 3.62. The predicted molar refractivity (Wildman–Crippen MR) is 63.6 cm³/mol. The highest BCUT2D eigenvalue weighted by molar-refractivity contribution is 6.16. The van der Waals surface area contributed by atoms with Gasteiger partial charge in [-0.05, 0) is 17.7 Å². The molecule has 0 spiro atoms. The summed E-state index contributed by atoms with van der Waals surface area (Å²) in [7, 11) is 0. The first-order chi connectivity index (χ1) is 8.17. The molecule has 3 nitrogen and oxygen atoms in total. The lowest BCUT2D eigenvalue weighted by atomic mass is 10.1. The molecular formula is C12H10ClFN2O. The van der Waals surface area contributed by atoms with E-state index in [1.165, 1.54) is 18.2 Å². The monoisotopic (exact) mass is 252 g/mol. The minimum absolute atomic E-state index is 0.195. The van der Waals surface area contributed by atoms with Crippen molar-refractivity contribution >= 4 is 11.6 Å². The average molecular weight is 253 g/mol. The zero-order valence-electron chi connectivity index (χ0n) is 8.91. The molecule has 0 saturated heterocycles. The third-order valence-electron chi connectivity index (χ3n) is 2.27. The highest BCUT2D eigenvalue weighted by Crippen LogP contribution is 2.07. The summed E-state index contributed by atoms with van der Waals surface area (Å²) >= 11 is 5.63. The van der Waals surface area contributed by atoms with Crippen molar-refractivity contribution < 1.29 is 4.39 Å². The van der Waals surface area contributed by atoms with E-state index >= 15 is 0 Å². The van der Waals surface area contributed by atoms with Crippen molar-refractivity contribution in [2.45, 2.75) is 12.3 Å². The van der Waals surface area contributed by atoms with Gasteiger partial charge in [0.25, 0.3) is 5.56 Å². The number of hydrogen-bond acceptors (Lipinski definition) is 2. The van der Waals surface area contributed by atoms with Gasteiger partial charge < -0.3 is 4.98 Å². The lowest BCUT2D eigenvalue weighted by Crippen LogP contribution is -2.12. The summed E-state index contributed by atoms with van der Waals surface area (Å²) in [5.41, 5.74) is 1.18. The molecule has 5 heteroatoms. The van der Waals surface area contributed by atoms with Crippen molar-refractivity contribution in [2.75, 3.05) is 0 Å². The van der Waals surface area contributed by atoms with E-state index < -0.39 is 0 Å². The zero-order valence-corrected chi connectivity index (χ0v) is 9.67. The number of benzene rings is 1. The first kappa shape index (κ1) is 11.8. The zero-order chi connectivity index (χ0) is 12.3. The summed E-state index contributed by atoms with van der Waals surface area (Å²) in [4.78, 5) is 18.1. The van der Waals surface area contributed by atoms with Gasteiger partial charge in [-0.2, -0.15) is 0 Å². The molecule has 2 aromatic rings. The second-order valence-corrected chi connectivity index (χ2v) is 3.89. The summed E-state index contributed by atoms with van der Waals surface area (Å²) < 4.78 is 12.7. The Kier molecular flexibility index (Phi) is 3.54. The van der Waals surface area contributed by atoms with Crippen LogP contribution in [0.1, 0.15) is 17.1 Å². The summed E-state index contributed by atoms with van der Waals surface area (Å²) in [6.07, 6.45) is 0.445. The van der Waals surface area contributed by atoms with E-state index in [1.54, 1.807) is 12.1 Å². The molecule has 1 aromatic carbocycles. The van der Waals surface area contributed by atoms with E-state index in [2.05, 4.69) is 9.97 Å². The van der Waals surface area contributed by atoms with Crippen LogP contribution in [0.5, 0.6) is 0 Å². The maximum atomic E-state index is 12.7. The predicted octanol–water partition coefficient (Wildman–Crippen LogP) is 2.24. The van der Waals surface area contributed by atoms with Crippen LogP contribution in [0.25, 0.3) is 0 Å². The maximum Gasteiger partial charge on any atom is 0.251 e. The second kappa shape index (κ2) is 5.10. The first-order valence-electron chi connectivity index (χ1n) is 5.07. The minimum atomic E-state index is -0.287. The van der Waals surface area contributed by atoms with Crippen molar-refractivity contribution in [3.63, 3.8) is 0 Å². The van der Waals surface area contributed by atoms with E-state index in [4.69, 9.17) is 11.6 Å². The van der Waals surface area contributed by atoms with Crippen LogP contribution in [0, 0.1) is 5.82 Å². The molecule has 0 amide bonds. The Bertz CT molecular complexity index is 565. The van der Waals surface area contributed by atoms with Gasteiger partial charge >= 0.3 is 0 Å². The largest absolute Gasteiger partial charge is 0.310 e. The molecule has 1 heterocycles. The van der Waals surface area contributed by atoms with E-state index in [-0.39, 0.29) is 17.3 Å². The van der Waals surface area contributed by atoms with Crippen molar-refractivity contribution in [1.29, 1.82) is 0 Å². The molecule has 1 aromatic heterocycles. The molecule has 88 valence electrons. The van der Waals surface area contributed by atoms with Crippen LogP contribution in [0.2, 0.25) is 0 Å². The number of nitrogens with zero attached hydrogens (tertiary/aromatic N) is 1. The SMILES string of the molecule is O=c1cc(CCl)nc(Cc2ccc(F)cc2)[nH]1. The maximum absolute atomic E-state index is 12.7. The number of rotatable bonds is 3. The van der Waals surface area contributed by atoms with E-state index in [0.29, 0.717) is 17.9 Å². The molecule has 2 rings (SSSR count). The molecule has 0 unspecified atom stereocenters. The van der Waals surface area contributed by atoms with Gasteiger partial charge in [-0.1, -0.05) is 12.1 Å². The van der Waals surface area contributed by atoms with Crippen LogP contribution < -0.4 is 5.56 Å². The van der Waals surface area contributed by atoms with Gasteiger partial charge in [0.15, 0.2) is 0 Å². The topological polar surface area (TPSA) is 45.8 Å². The normalized spacial score (nSPS) is 10.5. The molecule has 0 aliphatic heterocycles. The van der Waals surface area contributed by atoms with Crippen LogP contribution >= 0.6 is 11.6 Å². The number of H-pyrrole nitrogens is 1. The number of hydrogen-bond donors (Lipinski definition) is 1. The van der Waals surface area contributed by atoms with Crippen LogP contribution in [0.4, 0.5) is 4.39 Å². The smallest absolute Gasteiger partial charge is 0.251 e. The van der Waals surface area contributed by atoms with Gasteiger partial charge in [-0.3, -0.25) is 4.79 Å². The third kappa shape index (κ3) is 3.14. The third-order valence-corrected chi connectivity index (χ3v) is 2.54. The van der Waals surface area contributed by atoms with E-state index in [1.807, 2.05) is 0 Å². The Morgan fingerprint density at radius 3 is 2.65 bits per heavy atom. The summed E-state index contributed by atoms with van der Waals surface area (Å²) in [5.74, 6) is 0.435. The Balaban J connectivity index is 2.26. The fraction of sp³-hybridized carbons (Fsp3) is 0.167. The number of halogens is 2. The molecule has 0 fully saturated rings. The minimum Gasteiger partial charge on any atom is -0.310 e. The first-order valence-corrected chi connectivity index (χ1v) is 5.60. The van der Waals surface area contributed by atoms with Gasteiger partial charge in [0.1, 0.15) is 11.6 Å². The molecule has 0 aliphatic rings. The lowest BCUT2D eigenvalue weighted by molar-refractivity contribution is 0.627. The van der Waals surface area contributed by atoms with Crippen molar-refractivity contribution in [1.82, 2.24) is 9.97 Å². The molecule has 0 bridgehead atoms. The highest BCUT2D eigenvalue weighted by atomic mass is 35.5. The molecule has 0 radical (unpaired) electrons. The molecule has 0 atom stereocenters. The average Bonchev–Trinajstić information content (AvgIpc) is 2.31. The number of nitrogens with one attached hydrogen (secondary N) is 1. The van der Waals surface area contributed by atoms with Crippen molar-refractivity contribution in [3.8, 4) is 0 Å². The quantitative estimate of drug-likeness (QED) is 0.852. The van der Waals surface area contributed by atoms with Crippen molar-refractivity contribution in [3.05, 3.63) is 63.6 Å². The molecule has 17 heavy (non-hydrogen) atoms. The molecular weight excluding hydrogens is 243 g/mol. The fourth-order valence-corrected chi connectivity index (χ4v) is 1.65. The van der Waals surface area contributed by atoms with Gasteiger partial charge in [0, 0.05) is 12.5 Å². The van der Waals surface area contributed by atoms with E-state index in [0.717, 1.165) is 5.56 Å². The van der Waals surface area contributed by atoms with Gasteiger partial charge in [-0.25, -0.2) is 9.37 Å². The summed E-state index contributed by atoms with van der Waals surface area (Å²) in [5, 5.41) is 0. The Labute approximate surface area is 102 Å². The van der Waals surface area contributed by atoms with Crippen LogP contribution in [0.15, 0.2) is 35.1 Å². The van der Waals surface area contributed by atoms with Gasteiger partial charge in [0.2, 0.25) is 0 Å². The van der Waals surface area contributed by atoms with Crippen molar-refractivity contribution in [2.24, 2.45) is 0 Å². The van der Waals surface area contributed by atoms with Crippen LogP contribution in [-0.4, -0.2) is 9.97 Å². The molecule has 0 aliphatic carbocycles. The highest BCUT2D eigenvalue weighted by Gasteiger charge is 2.02. The summed E-state index contributed by atoms with van der Waals surface area (Å²) in [6.45, 7) is 0. The summed E-state index contributed by atoms with van der Waals surface area (Å²) in [6, 6.07) is 7.42. The Hall–Kier alpha value is -1.68. The lowest BCUT2D eigenvalue weighted by Gasteiger charge is -2.02. The van der Waals surface area contributed by atoms with Crippen LogP contribution in [0.3, 0.4) is 0 Å². The van der Waals surface area contributed by atoms with Gasteiger partial charge in [-0.15, -0.1) is 11.6 Å². The molecule has 1 N–H and O–H groups in total. The van der Waals surface area contributed by atoms with Crippen LogP contribution in [-0.2, 0) is 12.3 Å². The van der Waals surface area contributed by atoms with E-state index in [9.17, 15) is 9.18 Å². The Morgan fingerprint density at radius 1 is 1.29 bits per heavy atom. The number of aromatic amines is 1. The fourth-order valence-electron chi connectivity index (χ4n) is 1.51. The standard InChI is InChI=1S/C12H10ClFN2O/c13-7-10-6-12(17)16-11(15-10)5-8-1-3-9(14)4-2-8/h1-4,6H,5,7H2,(H,15,16,17). The number of alkyl halides is 1. The molecule has 0 saturated carbocycles. The Morgan fingerprint density at radius 2 is 2.00 bits per heavy atom.